The number of aromatic nitrogens is 8. The first-order valence-electron chi connectivity index (χ1n) is 34.3. The van der Waals surface area contributed by atoms with E-state index in [1.807, 2.05) is 291 Å². The van der Waals surface area contributed by atoms with Gasteiger partial charge in [0.25, 0.3) is 0 Å². The molecule has 0 aliphatic carbocycles. The van der Waals surface area contributed by atoms with Gasteiger partial charge in [-0.25, -0.2) is 29.9 Å². The van der Waals surface area contributed by atoms with Crippen LogP contribution in [0, 0.1) is 0 Å². The lowest BCUT2D eigenvalue weighted by atomic mass is 10.1. The molecule has 3 aromatic heterocycles. The van der Waals surface area contributed by atoms with Gasteiger partial charge in [0, 0.05) is 43.8 Å². The molecule has 0 unspecified atom stereocenters. The van der Waals surface area contributed by atoms with Crippen LogP contribution in [0.5, 0.6) is 46.0 Å². The Labute approximate surface area is 598 Å². The summed E-state index contributed by atoms with van der Waals surface area (Å²) < 4.78 is 50.7. The minimum atomic E-state index is 0.300. The van der Waals surface area contributed by atoms with Crippen LogP contribution in [0.2, 0.25) is 0 Å². The predicted octanol–water partition coefficient (Wildman–Crippen LogP) is 19.5. The van der Waals surface area contributed by atoms with Crippen LogP contribution in [-0.2, 0) is 52.9 Å². The second-order valence-corrected chi connectivity index (χ2v) is 25.3. The molecule has 0 radical (unpaired) electrons. The van der Waals surface area contributed by atoms with Gasteiger partial charge in [-0.15, -0.1) is 0 Å². The molecule has 12 aromatic carbocycles. The molecule has 0 spiro atoms. The quantitative estimate of drug-likeness (QED) is 0.0583. The Bertz CT molecular complexity index is 5380. The number of rotatable bonds is 24. The monoisotopic (exact) mass is 1360 g/mol. The Morgan fingerprint density at radius 3 is 0.692 bits per heavy atom. The molecule has 16 heteroatoms. The first kappa shape index (κ1) is 63.8. The van der Waals surface area contributed by atoms with Crippen LogP contribution >= 0.6 is 0 Å². The number of fused-ring (bicyclic) bond motifs is 20. The van der Waals surface area contributed by atoms with E-state index in [2.05, 4.69) is 9.97 Å². The van der Waals surface area contributed by atoms with Crippen molar-refractivity contribution in [2.75, 3.05) is 0 Å². The van der Waals surface area contributed by atoms with Crippen molar-refractivity contribution in [2.45, 2.75) is 52.9 Å². The van der Waals surface area contributed by atoms with Gasteiger partial charge >= 0.3 is 0 Å². The standard InChI is InChI=1S/C88H66N8O8/c1-5-13-57(14-6-1)49-97-65-29-21-61(22-30-65)53-101-69-37-41-73-77(45-69)85-89-81(73)94-86-79-47-71(103-55-63-25-33-67(34-26-63)99-51-59-17-9-3-10-18-59)39-43-75(79)83(91-86)96-88-80-48-72(104-56-64-27-35-68(36-28-64)100-52-60-19-11-4-12-20-60)40-44-76(80)84(92-88)95-87-78-46-70(38-42-74(78)82(90-87)93-85)102-54-62-23-31-66(32-24-62)98-50-58-15-7-2-8-16-58/h1-48H,49-56H2,(H2,89,90,91,92,93,94,95,96). The van der Waals surface area contributed by atoms with E-state index in [-0.39, 0.29) is 0 Å². The molecule has 506 valence electrons. The number of hydrogen-bond donors (Lipinski definition) is 2. The van der Waals surface area contributed by atoms with Gasteiger partial charge in [0.2, 0.25) is 0 Å². The van der Waals surface area contributed by atoms with Gasteiger partial charge in [0.05, 0.1) is 0 Å². The van der Waals surface area contributed by atoms with Crippen molar-refractivity contribution in [3.8, 4) is 91.5 Å². The molecule has 2 aliphatic heterocycles. The van der Waals surface area contributed by atoms with E-state index in [1.54, 1.807) is 0 Å². The molecule has 2 aliphatic rings. The molecule has 16 nitrogen and oxygen atoms in total. The van der Waals surface area contributed by atoms with Crippen molar-refractivity contribution in [1.82, 2.24) is 39.9 Å². The predicted molar refractivity (Wildman–Crippen MR) is 402 cm³/mol. The number of nitrogens with zero attached hydrogens (tertiary/aromatic N) is 6. The van der Waals surface area contributed by atoms with Crippen molar-refractivity contribution in [1.29, 1.82) is 0 Å². The zero-order valence-electron chi connectivity index (χ0n) is 56.3. The maximum Gasteiger partial charge on any atom is 0.164 e. The highest BCUT2D eigenvalue weighted by Gasteiger charge is 2.25. The van der Waals surface area contributed by atoms with E-state index in [9.17, 15) is 0 Å². The van der Waals surface area contributed by atoms with E-state index in [1.165, 1.54) is 0 Å². The summed E-state index contributed by atoms with van der Waals surface area (Å²) in [7, 11) is 0. The average molecular weight is 1360 g/mol. The topological polar surface area (TPSA) is 183 Å². The van der Waals surface area contributed by atoms with Crippen molar-refractivity contribution >= 4 is 44.1 Å². The van der Waals surface area contributed by atoms with Crippen LogP contribution < -0.4 is 37.9 Å². The summed E-state index contributed by atoms with van der Waals surface area (Å²) >= 11 is 0. The summed E-state index contributed by atoms with van der Waals surface area (Å²) in [6.07, 6.45) is 0. The second kappa shape index (κ2) is 29.3. The van der Waals surface area contributed by atoms with Crippen LogP contribution in [0.25, 0.3) is 89.7 Å². The maximum atomic E-state index is 6.57. The first-order chi connectivity index (χ1) is 51.4. The lowest BCUT2D eigenvalue weighted by Gasteiger charge is -2.10. The van der Waals surface area contributed by atoms with Gasteiger partial charge in [0.1, 0.15) is 121 Å². The smallest absolute Gasteiger partial charge is 0.164 e. The number of hydrogen-bond acceptors (Lipinski definition) is 14. The lowest BCUT2D eigenvalue weighted by molar-refractivity contribution is 0.300. The summed E-state index contributed by atoms with van der Waals surface area (Å²) in [5.41, 5.74) is 13.2. The maximum absolute atomic E-state index is 6.57. The summed E-state index contributed by atoms with van der Waals surface area (Å²) in [5.74, 6) is 7.20. The van der Waals surface area contributed by atoms with Gasteiger partial charge in [-0.2, -0.15) is 0 Å². The highest BCUT2D eigenvalue weighted by molar-refractivity contribution is 6.07. The number of ether oxygens (including phenoxy) is 8. The van der Waals surface area contributed by atoms with E-state index in [4.69, 9.17) is 67.8 Å². The van der Waals surface area contributed by atoms with E-state index < -0.39 is 0 Å². The Kier molecular flexibility index (Phi) is 18.0. The van der Waals surface area contributed by atoms with Crippen LogP contribution in [0.15, 0.2) is 291 Å². The number of benzene rings is 12. The fraction of sp³-hybridized carbons (Fsp3) is 0.0909. The van der Waals surface area contributed by atoms with Crippen LogP contribution in [0.1, 0.15) is 44.5 Å². The van der Waals surface area contributed by atoms with Crippen molar-refractivity contribution in [3.63, 3.8) is 0 Å². The molecular weight excluding hydrogens is 1300 g/mol. The number of aromatic amines is 2. The van der Waals surface area contributed by atoms with Gasteiger partial charge in [-0.1, -0.05) is 170 Å². The molecule has 0 amide bonds. The third-order valence-corrected chi connectivity index (χ3v) is 18.0. The molecule has 2 N–H and O–H groups in total. The largest absolute Gasteiger partial charge is 0.489 e. The minimum absolute atomic E-state index is 0.300. The summed E-state index contributed by atoms with van der Waals surface area (Å²) in [6, 6.07) is 95.9. The van der Waals surface area contributed by atoms with Crippen LogP contribution in [0.4, 0.5) is 0 Å². The fourth-order valence-electron chi connectivity index (χ4n) is 12.4. The molecule has 0 saturated carbocycles. The third kappa shape index (κ3) is 14.7. The molecule has 0 fully saturated rings. The fourth-order valence-corrected chi connectivity index (χ4v) is 12.4. The summed E-state index contributed by atoms with van der Waals surface area (Å²) in [4.78, 5) is 39.4. The second-order valence-electron chi connectivity index (χ2n) is 25.3. The molecular formula is C88H66N8O8. The normalized spacial score (nSPS) is 11.4. The molecule has 104 heavy (non-hydrogen) atoms. The third-order valence-electron chi connectivity index (χ3n) is 18.0. The van der Waals surface area contributed by atoms with Crippen molar-refractivity contribution in [2.24, 2.45) is 0 Å². The molecule has 0 atom stereocenters. The van der Waals surface area contributed by atoms with Gasteiger partial charge in [-0.3, -0.25) is 0 Å². The Balaban J connectivity index is 0.743. The Morgan fingerprint density at radius 1 is 0.183 bits per heavy atom. The Hall–Kier alpha value is -13.6. The molecule has 15 aromatic rings. The van der Waals surface area contributed by atoms with E-state index in [0.717, 1.165) is 100 Å². The van der Waals surface area contributed by atoms with Gasteiger partial charge in [0.15, 0.2) is 23.3 Å². The average Bonchev–Trinajstić information content (AvgIpc) is 1.60. The molecule has 5 heterocycles. The Morgan fingerprint density at radius 2 is 0.404 bits per heavy atom. The van der Waals surface area contributed by atoms with Crippen molar-refractivity contribution < 1.29 is 37.9 Å². The van der Waals surface area contributed by atoms with Gasteiger partial charge in [-0.05, 0) is 166 Å². The van der Waals surface area contributed by atoms with E-state index >= 15 is 0 Å². The number of nitrogens with one attached hydrogen (secondary N) is 2. The number of H-pyrrole nitrogens is 2. The summed E-state index contributed by atoms with van der Waals surface area (Å²) in [5, 5.41) is 3.02. The highest BCUT2D eigenvalue weighted by atomic mass is 16.5. The SMILES string of the molecule is c1ccc(COc2ccc(COc3ccc4c(c3)-c3nc-4nc4[nH]c(nc5nc(nc6[nH]c(n3)c3ccc(OCc7ccc(OCc8ccccc8)cc7)cc63)-c3ccc(OCc6ccc(OCc7ccccc7)cc6)cc3-5)c3ccc(OCc5ccc(OCc6ccccc6)cc5)cc43)cc2)cc1. The lowest BCUT2D eigenvalue weighted by Crippen LogP contribution is -1.97. The highest BCUT2D eigenvalue weighted by Crippen LogP contribution is 2.41. The van der Waals surface area contributed by atoms with Gasteiger partial charge < -0.3 is 47.9 Å². The minimum Gasteiger partial charge on any atom is -0.489 e. The van der Waals surface area contributed by atoms with Crippen LogP contribution in [0.3, 0.4) is 0 Å². The first-order valence-corrected chi connectivity index (χ1v) is 34.3. The zero-order valence-corrected chi connectivity index (χ0v) is 56.3. The molecule has 8 bridgehead atoms. The van der Waals surface area contributed by atoms with Crippen molar-refractivity contribution in [3.05, 3.63) is 336 Å². The summed E-state index contributed by atoms with van der Waals surface area (Å²) in [6.45, 7) is 3.09. The van der Waals surface area contributed by atoms with Crippen LogP contribution in [-0.4, -0.2) is 39.9 Å². The van der Waals surface area contributed by atoms with E-state index in [0.29, 0.717) is 133 Å². The molecule has 17 rings (SSSR count). The zero-order chi connectivity index (χ0) is 69.4. The molecule has 0 saturated heterocycles.